The summed E-state index contributed by atoms with van der Waals surface area (Å²) in [5.74, 6) is -0.758. The predicted octanol–water partition coefficient (Wildman–Crippen LogP) is 3.51. The molecule has 0 aliphatic carbocycles. The van der Waals surface area contributed by atoms with Gasteiger partial charge in [0.05, 0.1) is 12.5 Å². The Morgan fingerprint density at radius 3 is 2.57 bits per heavy atom. The maximum Gasteiger partial charge on any atom is 0.310 e. The topological polar surface area (TPSA) is 75.6 Å². The molecule has 1 saturated heterocycles. The molecule has 1 fully saturated rings. The molecule has 23 heavy (non-hydrogen) atoms. The van der Waals surface area contributed by atoms with Gasteiger partial charge in [0.15, 0.2) is 0 Å². The quantitative estimate of drug-likeness (QED) is 0.400. The second-order valence-electron chi connectivity index (χ2n) is 6.53. The Kier molecular flexibility index (Phi) is 10.7. The van der Waals surface area contributed by atoms with E-state index in [1.807, 2.05) is 0 Å². The molecular weight excluding hydrogens is 294 g/mol. The van der Waals surface area contributed by atoms with Gasteiger partial charge in [-0.25, -0.2) is 0 Å². The minimum atomic E-state index is -0.718. The average Bonchev–Trinajstić information content (AvgIpc) is 2.98. The van der Waals surface area contributed by atoms with E-state index in [2.05, 4.69) is 12.2 Å². The highest BCUT2D eigenvalue weighted by Crippen LogP contribution is 2.22. The number of carbonyl (C=O) groups excluding carboxylic acids is 1. The highest BCUT2D eigenvalue weighted by Gasteiger charge is 2.33. The van der Waals surface area contributed by atoms with Crippen molar-refractivity contribution in [1.82, 2.24) is 5.32 Å². The van der Waals surface area contributed by atoms with Crippen LogP contribution in [0.2, 0.25) is 0 Å². The molecule has 5 nitrogen and oxygen atoms in total. The van der Waals surface area contributed by atoms with E-state index in [9.17, 15) is 9.59 Å². The van der Waals surface area contributed by atoms with E-state index in [0.717, 1.165) is 57.9 Å². The fraction of sp³-hybridized carbons (Fsp3) is 0.889. The van der Waals surface area contributed by atoms with Crippen molar-refractivity contribution in [1.29, 1.82) is 0 Å². The molecule has 1 aliphatic rings. The third kappa shape index (κ3) is 8.94. The van der Waals surface area contributed by atoms with Gasteiger partial charge < -0.3 is 15.2 Å². The van der Waals surface area contributed by atoms with E-state index in [0.29, 0.717) is 6.61 Å². The average molecular weight is 327 g/mol. The van der Waals surface area contributed by atoms with Gasteiger partial charge in [0, 0.05) is 12.5 Å². The largest absolute Gasteiger partial charge is 0.481 e. The van der Waals surface area contributed by atoms with E-state index in [1.54, 1.807) is 0 Å². The van der Waals surface area contributed by atoms with Crippen molar-refractivity contribution in [3.63, 3.8) is 0 Å². The zero-order valence-corrected chi connectivity index (χ0v) is 14.5. The maximum atomic E-state index is 12.2. The van der Waals surface area contributed by atoms with Crippen LogP contribution >= 0.6 is 0 Å². The fourth-order valence-corrected chi connectivity index (χ4v) is 3.16. The highest BCUT2D eigenvalue weighted by atomic mass is 16.5. The van der Waals surface area contributed by atoms with Gasteiger partial charge in [-0.05, 0) is 32.2 Å². The molecule has 0 amide bonds. The summed E-state index contributed by atoms with van der Waals surface area (Å²) < 4.78 is 5.43. The van der Waals surface area contributed by atoms with E-state index in [-0.39, 0.29) is 24.3 Å². The summed E-state index contributed by atoms with van der Waals surface area (Å²) in [6.07, 6.45) is 10.4. The van der Waals surface area contributed by atoms with Crippen molar-refractivity contribution >= 4 is 11.9 Å². The molecule has 0 bridgehead atoms. The van der Waals surface area contributed by atoms with Gasteiger partial charge in [0.25, 0.3) is 0 Å². The molecule has 0 aromatic heterocycles. The summed E-state index contributed by atoms with van der Waals surface area (Å²) in [6, 6.07) is 0.234. The van der Waals surface area contributed by atoms with Crippen molar-refractivity contribution in [2.24, 2.45) is 5.92 Å². The Morgan fingerprint density at radius 1 is 1.09 bits per heavy atom. The van der Waals surface area contributed by atoms with Gasteiger partial charge in [0.1, 0.15) is 0 Å². The summed E-state index contributed by atoms with van der Waals surface area (Å²) in [7, 11) is 0. The summed E-state index contributed by atoms with van der Waals surface area (Å²) in [5, 5.41) is 12.0. The zero-order valence-electron chi connectivity index (χ0n) is 14.5. The second-order valence-corrected chi connectivity index (χ2v) is 6.53. The lowest BCUT2D eigenvalue weighted by atomic mass is 9.95. The summed E-state index contributed by atoms with van der Waals surface area (Å²) in [4.78, 5) is 22.6. The van der Waals surface area contributed by atoms with E-state index >= 15 is 0 Å². The van der Waals surface area contributed by atoms with Crippen LogP contribution in [0.3, 0.4) is 0 Å². The number of nitrogens with one attached hydrogen (secondary N) is 1. The molecule has 0 aromatic carbocycles. The first-order valence-corrected chi connectivity index (χ1v) is 9.27. The van der Waals surface area contributed by atoms with Crippen LogP contribution in [0.1, 0.15) is 77.6 Å². The Labute approximate surface area is 140 Å². The van der Waals surface area contributed by atoms with Crippen molar-refractivity contribution < 1.29 is 19.4 Å². The van der Waals surface area contributed by atoms with E-state index in [4.69, 9.17) is 9.84 Å². The van der Waals surface area contributed by atoms with Gasteiger partial charge in [-0.2, -0.15) is 0 Å². The Morgan fingerprint density at radius 2 is 1.83 bits per heavy atom. The van der Waals surface area contributed by atoms with Crippen molar-refractivity contribution in [2.45, 2.75) is 83.6 Å². The lowest BCUT2D eigenvalue weighted by molar-refractivity contribution is -0.149. The molecule has 1 aliphatic heterocycles. The number of carboxylic acid groups (broad SMARTS) is 1. The molecular formula is C18H33NO4. The molecule has 2 atom stereocenters. The molecule has 0 aromatic rings. The molecule has 1 rings (SSSR count). The van der Waals surface area contributed by atoms with Crippen molar-refractivity contribution in [3.8, 4) is 0 Å². The molecule has 5 heteroatoms. The molecule has 2 unspecified atom stereocenters. The number of hydrogen-bond acceptors (Lipinski definition) is 4. The number of rotatable bonds is 13. The number of aliphatic carboxylic acids is 1. The van der Waals surface area contributed by atoms with Gasteiger partial charge in [-0.3, -0.25) is 9.59 Å². The molecule has 0 radical (unpaired) electrons. The minimum absolute atomic E-state index is 0.000180. The minimum Gasteiger partial charge on any atom is -0.481 e. The van der Waals surface area contributed by atoms with Gasteiger partial charge in [0.2, 0.25) is 0 Å². The Balaban J connectivity index is 2.12. The van der Waals surface area contributed by atoms with Crippen LogP contribution in [0.4, 0.5) is 0 Å². The van der Waals surface area contributed by atoms with Crippen LogP contribution in [0.15, 0.2) is 0 Å². The SMILES string of the molecule is CCCCCCOC(=O)C1CCNC1CCCCCCC(=O)O. The Bertz CT molecular complexity index is 346. The normalized spacial score (nSPS) is 20.6. The van der Waals surface area contributed by atoms with Crippen LogP contribution in [0.5, 0.6) is 0 Å². The van der Waals surface area contributed by atoms with E-state index < -0.39 is 5.97 Å². The number of hydrogen-bond donors (Lipinski definition) is 2. The number of ether oxygens (including phenoxy) is 1. The highest BCUT2D eigenvalue weighted by molar-refractivity contribution is 5.73. The standard InChI is InChI=1S/C18H33NO4/c1-2-3-4-9-14-23-18(22)15-12-13-19-16(15)10-7-5-6-8-11-17(20)21/h15-16,19H,2-14H2,1H3,(H,20,21). The summed E-state index contributed by atoms with van der Waals surface area (Å²) >= 11 is 0. The van der Waals surface area contributed by atoms with Crippen LogP contribution in [-0.4, -0.2) is 36.2 Å². The smallest absolute Gasteiger partial charge is 0.310 e. The first kappa shape index (κ1) is 19.9. The van der Waals surface area contributed by atoms with E-state index in [1.165, 1.54) is 12.8 Å². The van der Waals surface area contributed by atoms with Gasteiger partial charge in [-0.15, -0.1) is 0 Å². The predicted molar refractivity (Wildman–Crippen MR) is 90.3 cm³/mol. The first-order chi connectivity index (χ1) is 11.1. The van der Waals surface area contributed by atoms with Gasteiger partial charge >= 0.3 is 11.9 Å². The number of carbonyl (C=O) groups is 2. The van der Waals surface area contributed by atoms with Crippen LogP contribution in [0.25, 0.3) is 0 Å². The van der Waals surface area contributed by atoms with Gasteiger partial charge in [-0.1, -0.05) is 45.4 Å². The Hall–Kier alpha value is -1.10. The third-order valence-corrected chi connectivity index (χ3v) is 4.55. The van der Waals surface area contributed by atoms with Crippen LogP contribution in [0, 0.1) is 5.92 Å². The fourth-order valence-electron chi connectivity index (χ4n) is 3.16. The summed E-state index contributed by atoms with van der Waals surface area (Å²) in [6.45, 7) is 3.61. The second kappa shape index (κ2) is 12.3. The van der Waals surface area contributed by atoms with Crippen LogP contribution in [-0.2, 0) is 14.3 Å². The molecule has 134 valence electrons. The molecule has 1 heterocycles. The third-order valence-electron chi connectivity index (χ3n) is 4.55. The molecule has 0 spiro atoms. The zero-order chi connectivity index (χ0) is 16.9. The lowest BCUT2D eigenvalue weighted by Gasteiger charge is -2.18. The lowest BCUT2D eigenvalue weighted by Crippen LogP contribution is -2.32. The maximum absolute atomic E-state index is 12.2. The number of carboxylic acids is 1. The summed E-state index contributed by atoms with van der Waals surface area (Å²) in [5.41, 5.74) is 0. The number of unbranched alkanes of at least 4 members (excludes halogenated alkanes) is 6. The molecule has 2 N–H and O–H groups in total. The number of esters is 1. The van der Waals surface area contributed by atoms with Crippen molar-refractivity contribution in [3.05, 3.63) is 0 Å². The van der Waals surface area contributed by atoms with Crippen molar-refractivity contribution in [2.75, 3.05) is 13.2 Å². The first-order valence-electron chi connectivity index (χ1n) is 9.27. The monoisotopic (exact) mass is 327 g/mol. The molecule has 0 saturated carbocycles. The van der Waals surface area contributed by atoms with Crippen LogP contribution < -0.4 is 5.32 Å².